The first-order chi connectivity index (χ1) is 9.23. The van der Waals surface area contributed by atoms with Gasteiger partial charge in [0, 0.05) is 17.5 Å². The van der Waals surface area contributed by atoms with Crippen molar-refractivity contribution < 1.29 is 13.9 Å². The molecule has 0 heterocycles. The molecule has 1 aliphatic carbocycles. The van der Waals surface area contributed by atoms with Crippen LogP contribution < -0.4 is 5.73 Å². The molecule has 0 amide bonds. The highest BCUT2D eigenvalue weighted by Gasteiger charge is 2.51. The molecular formula is C15H20BrF2NO. The lowest BCUT2D eigenvalue weighted by molar-refractivity contribution is -0.00537. The van der Waals surface area contributed by atoms with Crippen molar-refractivity contribution in [3.8, 4) is 0 Å². The Hall–Kier alpha value is -0.520. The largest absolute Gasteiger partial charge is 0.392 e. The van der Waals surface area contributed by atoms with E-state index >= 15 is 0 Å². The fraction of sp³-hybridized carbons (Fsp3) is 0.600. The summed E-state index contributed by atoms with van der Waals surface area (Å²) in [5.74, 6) is -1.19. The fourth-order valence-corrected chi connectivity index (χ4v) is 3.60. The van der Waals surface area contributed by atoms with E-state index in [-0.39, 0.29) is 28.4 Å². The van der Waals surface area contributed by atoms with Crippen molar-refractivity contribution in [2.24, 2.45) is 16.6 Å². The molecule has 1 aliphatic rings. The minimum Gasteiger partial charge on any atom is -0.392 e. The van der Waals surface area contributed by atoms with Gasteiger partial charge in [-0.1, -0.05) is 13.8 Å². The summed E-state index contributed by atoms with van der Waals surface area (Å²) < 4.78 is 28.3. The van der Waals surface area contributed by atoms with Crippen molar-refractivity contribution in [3.05, 3.63) is 33.8 Å². The minimum atomic E-state index is -0.669. The van der Waals surface area contributed by atoms with Crippen LogP contribution in [0.5, 0.6) is 0 Å². The predicted molar refractivity (Wildman–Crippen MR) is 78.3 cm³/mol. The summed E-state index contributed by atoms with van der Waals surface area (Å²) >= 11 is 3.07. The summed E-state index contributed by atoms with van der Waals surface area (Å²) in [7, 11) is 0. The Morgan fingerprint density at radius 3 is 2.50 bits per heavy atom. The first-order valence-electron chi connectivity index (χ1n) is 6.74. The molecule has 0 aliphatic heterocycles. The van der Waals surface area contributed by atoms with Gasteiger partial charge in [0.1, 0.15) is 11.6 Å². The number of nitrogens with two attached hydrogens (primary N) is 1. The second-order valence-electron chi connectivity index (χ2n) is 6.46. The van der Waals surface area contributed by atoms with E-state index in [9.17, 15) is 13.9 Å². The average molecular weight is 348 g/mol. The standard InChI is InChI=1S/C15H20BrF2NO/c1-14(2)5-6-15(8-19,13(14)20)7-9-11(17)4-3-10(16)12(9)18/h3-4,13,20H,5-8,19H2,1-2H3. The Morgan fingerprint density at radius 1 is 1.35 bits per heavy atom. The van der Waals surface area contributed by atoms with Crippen LogP contribution >= 0.6 is 15.9 Å². The maximum absolute atomic E-state index is 14.1. The van der Waals surface area contributed by atoms with Crippen LogP contribution in [0.25, 0.3) is 0 Å². The fourth-order valence-electron chi connectivity index (χ4n) is 3.23. The minimum absolute atomic E-state index is 0.00146. The third kappa shape index (κ3) is 2.51. The maximum atomic E-state index is 14.1. The van der Waals surface area contributed by atoms with Crippen LogP contribution in [0.3, 0.4) is 0 Å². The van der Waals surface area contributed by atoms with Gasteiger partial charge in [-0.05, 0) is 52.7 Å². The number of hydrogen-bond donors (Lipinski definition) is 2. The molecule has 1 fully saturated rings. The zero-order valence-electron chi connectivity index (χ0n) is 11.7. The molecule has 1 saturated carbocycles. The number of aliphatic hydroxyl groups excluding tert-OH is 1. The molecule has 1 aromatic carbocycles. The molecule has 0 bridgehead atoms. The third-order valence-electron chi connectivity index (χ3n) is 4.66. The molecule has 2 rings (SSSR count). The highest BCUT2D eigenvalue weighted by atomic mass is 79.9. The summed E-state index contributed by atoms with van der Waals surface area (Å²) in [5.41, 5.74) is 4.91. The highest BCUT2D eigenvalue weighted by molar-refractivity contribution is 9.10. The van der Waals surface area contributed by atoms with Gasteiger partial charge in [-0.3, -0.25) is 0 Å². The molecule has 5 heteroatoms. The van der Waals surface area contributed by atoms with Gasteiger partial charge >= 0.3 is 0 Å². The summed E-state index contributed by atoms with van der Waals surface area (Å²) in [6.45, 7) is 4.13. The Morgan fingerprint density at radius 2 is 2.00 bits per heavy atom. The van der Waals surface area contributed by atoms with E-state index in [2.05, 4.69) is 15.9 Å². The number of benzene rings is 1. The van der Waals surface area contributed by atoms with E-state index in [1.54, 1.807) is 0 Å². The first kappa shape index (κ1) is 15.9. The van der Waals surface area contributed by atoms with Crippen LogP contribution in [-0.4, -0.2) is 17.8 Å². The average Bonchev–Trinajstić information content (AvgIpc) is 2.64. The van der Waals surface area contributed by atoms with E-state index < -0.39 is 23.2 Å². The summed E-state index contributed by atoms with van der Waals surface area (Å²) in [6, 6.07) is 2.58. The number of hydrogen-bond acceptors (Lipinski definition) is 2. The first-order valence-corrected chi connectivity index (χ1v) is 7.53. The second-order valence-corrected chi connectivity index (χ2v) is 7.31. The smallest absolute Gasteiger partial charge is 0.143 e. The molecule has 2 unspecified atom stereocenters. The van der Waals surface area contributed by atoms with Gasteiger partial charge in [-0.2, -0.15) is 0 Å². The van der Waals surface area contributed by atoms with E-state index in [0.717, 1.165) is 6.42 Å². The number of halogens is 3. The Labute approximate surface area is 126 Å². The van der Waals surface area contributed by atoms with Crippen molar-refractivity contribution >= 4 is 15.9 Å². The predicted octanol–water partition coefficient (Wildman–Crippen LogP) is 3.40. The lowest BCUT2D eigenvalue weighted by atomic mass is 9.74. The van der Waals surface area contributed by atoms with Crippen molar-refractivity contribution in [2.75, 3.05) is 6.54 Å². The molecule has 2 atom stereocenters. The maximum Gasteiger partial charge on any atom is 0.143 e. The van der Waals surface area contributed by atoms with Crippen molar-refractivity contribution in [3.63, 3.8) is 0 Å². The van der Waals surface area contributed by atoms with Crippen LogP contribution in [-0.2, 0) is 6.42 Å². The van der Waals surface area contributed by atoms with Gasteiger partial charge in [0.15, 0.2) is 0 Å². The number of aliphatic hydroxyl groups is 1. The molecule has 0 radical (unpaired) electrons. The van der Waals surface area contributed by atoms with E-state index in [1.165, 1.54) is 12.1 Å². The second kappa shape index (κ2) is 5.35. The Bertz CT molecular complexity index is 521. The van der Waals surface area contributed by atoms with Gasteiger partial charge < -0.3 is 10.8 Å². The van der Waals surface area contributed by atoms with Crippen LogP contribution in [0.2, 0.25) is 0 Å². The van der Waals surface area contributed by atoms with Crippen LogP contribution in [0.15, 0.2) is 16.6 Å². The molecule has 0 spiro atoms. The van der Waals surface area contributed by atoms with Crippen molar-refractivity contribution in [1.82, 2.24) is 0 Å². The van der Waals surface area contributed by atoms with E-state index in [0.29, 0.717) is 6.42 Å². The Balaban J connectivity index is 2.40. The van der Waals surface area contributed by atoms with Gasteiger partial charge in [0.05, 0.1) is 10.6 Å². The van der Waals surface area contributed by atoms with Gasteiger partial charge in [-0.25, -0.2) is 8.78 Å². The van der Waals surface area contributed by atoms with Gasteiger partial charge in [0.2, 0.25) is 0 Å². The van der Waals surface area contributed by atoms with Crippen LogP contribution in [0.1, 0.15) is 32.3 Å². The highest BCUT2D eigenvalue weighted by Crippen LogP contribution is 2.50. The summed E-state index contributed by atoms with van der Waals surface area (Å²) in [6.07, 6.45) is 0.912. The zero-order chi connectivity index (χ0) is 15.1. The number of rotatable bonds is 3. The normalized spacial score (nSPS) is 28.9. The lowest BCUT2D eigenvalue weighted by Gasteiger charge is -2.36. The summed E-state index contributed by atoms with van der Waals surface area (Å²) in [5, 5.41) is 10.5. The summed E-state index contributed by atoms with van der Waals surface area (Å²) in [4.78, 5) is 0. The van der Waals surface area contributed by atoms with Crippen LogP contribution in [0, 0.1) is 22.5 Å². The molecule has 112 valence electrons. The molecule has 0 saturated heterocycles. The van der Waals surface area contributed by atoms with E-state index in [1.807, 2.05) is 13.8 Å². The zero-order valence-corrected chi connectivity index (χ0v) is 13.3. The van der Waals surface area contributed by atoms with Crippen molar-refractivity contribution in [1.29, 1.82) is 0 Å². The topological polar surface area (TPSA) is 46.2 Å². The third-order valence-corrected chi connectivity index (χ3v) is 5.27. The molecule has 3 N–H and O–H groups in total. The van der Waals surface area contributed by atoms with Gasteiger partial charge in [0.25, 0.3) is 0 Å². The molecule has 2 nitrogen and oxygen atoms in total. The lowest BCUT2D eigenvalue weighted by Crippen LogP contribution is -2.44. The Kier molecular flexibility index (Phi) is 4.24. The van der Waals surface area contributed by atoms with E-state index in [4.69, 9.17) is 5.73 Å². The van der Waals surface area contributed by atoms with Crippen LogP contribution in [0.4, 0.5) is 8.78 Å². The molecule has 20 heavy (non-hydrogen) atoms. The van der Waals surface area contributed by atoms with Crippen molar-refractivity contribution in [2.45, 2.75) is 39.2 Å². The van der Waals surface area contributed by atoms with Gasteiger partial charge in [-0.15, -0.1) is 0 Å². The molecule has 0 aromatic heterocycles. The molecule has 1 aromatic rings. The monoisotopic (exact) mass is 347 g/mol. The quantitative estimate of drug-likeness (QED) is 0.823. The molecular weight excluding hydrogens is 328 g/mol. The SMILES string of the molecule is CC1(C)CCC(CN)(Cc2c(F)ccc(Br)c2F)C1O.